The maximum absolute atomic E-state index is 12.5. The number of carboxylic acid groups (broad SMARTS) is 1. The summed E-state index contributed by atoms with van der Waals surface area (Å²) >= 11 is 4.10. The molecule has 0 heterocycles. The monoisotopic (exact) mass is 442 g/mol. The Labute approximate surface area is 181 Å². The van der Waals surface area contributed by atoms with E-state index >= 15 is 0 Å². The molecule has 1 aromatic rings. The van der Waals surface area contributed by atoms with Gasteiger partial charge in [-0.3, -0.25) is 4.79 Å². The van der Waals surface area contributed by atoms with Gasteiger partial charge in [0.15, 0.2) is 6.29 Å². The second-order valence-corrected chi connectivity index (χ2v) is 6.95. The van der Waals surface area contributed by atoms with E-state index in [2.05, 4.69) is 23.3 Å². The van der Waals surface area contributed by atoms with Gasteiger partial charge >= 0.3 is 12.1 Å². The normalized spacial score (nSPS) is 12.8. The second-order valence-electron chi connectivity index (χ2n) is 6.50. The van der Waals surface area contributed by atoms with Crippen LogP contribution in [0.25, 0.3) is 0 Å². The van der Waals surface area contributed by atoms with Crippen LogP contribution < -0.4 is 10.6 Å². The molecule has 0 saturated carbocycles. The molecule has 0 bridgehead atoms. The van der Waals surface area contributed by atoms with Gasteiger partial charge in [0.1, 0.15) is 18.7 Å². The highest BCUT2D eigenvalue weighted by Crippen LogP contribution is 2.09. The summed E-state index contributed by atoms with van der Waals surface area (Å²) in [7, 11) is 2.99. The average Bonchev–Trinajstić information content (AvgIpc) is 2.74. The van der Waals surface area contributed by atoms with Crippen LogP contribution >= 0.6 is 12.6 Å². The molecule has 30 heavy (non-hydrogen) atoms. The Morgan fingerprint density at radius 1 is 1.00 bits per heavy atom. The molecule has 0 aliphatic rings. The molecule has 2 atom stereocenters. The summed E-state index contributed by atoms with van der Waals surface area (Å²) in [5.41, 5.74) is 0.805. The van der Waals surface area contributed by atoms with Crippen LogP contribution in [0.4, 0.5) is 4.79 Å². The van der Waals surface area contributed by atoms with Gasteiger partial charge in [-0.15, -0.1) is 0 Å². The number of carbonyl (C=O) groups excluding carboxylic acids is 2. The molecule has 0 spiro atoms. The van der Waals surface area contributed by atoms with Gasteiger partial charge in [0, 0.05) is 14.2 Å². The standard InChI is InChI=1S/C20H30N2O7S/c1-27-17(28-2)10-6-9-16(19(24)25)21-18(23)15(11-12-30)22-20(26)29-13-14-7-4-3-5-8-14/h3-5,7-8,15-17,30H,6,9-13H2,1-2H3,(H,21,23)(H,22,26)(H,24,25)/t15-,16-/m0/s1. The lowest BCUT2D eigenvalue weighted by molar-refractivity contribution is -0.142. The van der Waals surface area contributed by atoms with Crippen molar-refractivity contribution in [3.63, 3.8) is 0 Å². The molecule has 3 N–H and O–H groups in total. The van der Waals surface area contributed by atoms with Crippen molar-refractivity contribution < 1.29 is 33.7 Å². The number of alkyl carbamates (subject to hydrolysis) is 1. The number of thiol groups is 1. The first kappa shape index (κ1) is 25.7. The third-order valence-corrected chi connectivity index (χ3v) is 4.57. The first-order chi connectivity index (χ1) is 14.4. The van der Waals surface area contributed by atoms with Crippen molar-refractivity contribution in [1.29, 1.82) is 0 Å². The van der Waals surface area contributed by atoms with Crippen molar-refractivity contribution in [2.45, 2.75) is 50.7 Å². The number of carbonyl (C=O) groups is 3. The summed E-state index contributed by atoms with van der Waals surface area (Å²) in [4.78, 5) is 36.1. The highest BCUT2D eigenvalue weighted by Gasteiger charge is 2.26. The summed E-state index contributed by atoms with van der Waals surface area (Å²) < 4.78 is 15.3. The van der Waals surface area contributed by atoms with E-state index < -0.39 is 36.3 Å². The lowest BCUT2D eigenvalue weighted by atomic mass is 10.1. The Hall–Kier alpha value is -2.30. The summed E-state index contributed by atoms with van der Waals surface area (Å²) in [6.07, 6.45) is 0.154. The van der Waals surface area contributed by atoms with Crippen LogP contribution in [0.1, 0.15) is 31.2 Å². The molecule has 1 rings (SSSR count). The number of aliphatic carboxylic acids is 1. The van der Waals surface area contributed by atoms with Crippen LogP contribution in [0, 0.1) is 0 Å². The molecule has 1 aromatic carbocycles. The zero-order valence-corrected chi connectivity index (χ0v) is 18.1. The van der Waals surface area contributed by atoms with Gasteiger partial charge in [0.2, 0.25) is 5.91 Å². The minimum atomic E-state index is -1.16. The lowest BCUT2D eigenvalue weighted by Crippen LogP contribution is -2.51. The van der Waals surface area contributed by atoms with Gasteiger partial charge in [0.25, 0.3) is 0 Å². The molecule has 0 aliphatic carbocycles. The van der Waals surface area contributed by atoms with Crippen molar-refractivity contribution in [2.24, 2.45) is 0 Å². The molecule has 0 aliphatic heterocycles. The predicted octanol–water partition coefficient (Wildman–Crippen LogP) is 1.96. The fourth-order valence-corrected chi connectivity index (χ4v) is 2.91. The van der Waals surface area contributed by atoms with E-state index in [1.165, 1.54) is 14.2 Å². The van der Waals surface area contributed by atoms with Gasteiger partial charge < -0.3 is 30.0 Å². The molecule has 168 valence electrons. The summed E-state index contributed by atoms with van der Waals surface area (Å²) in [6, 6.07) is 7.04. The van der Waals surface area contributed by atoms with E-state index in [-0.39, 0.29) is 19.4 Å². The van der Waals surface area contributed by atoms with Crippen molar-refractivity contribution in [1.82, 2.24) is 10.6 Å². The smallest absolute Gasteiger partial charge is 0.408 e. The Balaban J connectivity index is 2.57. The molecule has 0 radical (unpaired) electrons. The van der Waals surface area contributed by atoms with Crippen molar-refractivity contribution in [3.05, 3.63) is 35.9 Å². The molecule has 10 heteroatoms. The zero-order chi connectivity index (χ0) is 22.4. The van der Waals surface area contributed by atoms with Crippen LogP contribution in [0.3, 0.4) is 0 Å². The quantitative estimate of drug-likeness (QED) is 0.257. The molecular formula is C20H30N2O7S. The highest BCUT2D eigenvalue weighted by atomic mass is 32.1. The Morgan fingerprint density at radius 3 is 2.23 bits per heavy atom. The Morgan fingerprint density at radius 2 is 1.67 bits per heavy atom. The summed E-state index contributed by atoms with van der Waals surface area (Å²) in [5, 5.41) is 14.3. The van der Waals surface area contributed by atoms with E-state index in [9.17, 15) is 19.5 Å². The minimum absolute atomic E-state index is 0.0554. The molecular weight excluding hydrogens is 412 g/mol. The van der Waals surface area contributed by atoms with Gasteiger partial charge in [-0.2, -0.15) is 12.6 Å². The van der Waals surface area contributed by atoms with Gasteiger partial charge in [0.05, 0.1) is 0 Å². The van der Waals surface area contributed by atoms with E-state index in [0.29, 0.717) is 18.6 Å². The number of rotatable bonds is 14. The molecule has 9 nitrogen and oxygen atoms in total. The third-order valence-electron chi connectivity index (χ3n) is 4.31. The molecule has 0 unspecified atom stereocenters. The number of hydrogen-bond acceptors (Lipinski definition) is 7. The van der Waals surface area contributed by atoms with Gasteiger partial charge in [-0.25, -0.2) is 9.59 Å². The lowest BCUT2D eigenvalue weighted by Gasteiger charge is -2.21. The van der Waals surface area contributed by atoms with Gasteiger partial charge in [-0.1, -0.05) is 30.3 Å². The van der Waals surface area contributed by atoms with E-state index in [4.69, 9.17) is 14.2 Å². The minimum Gasteiger partial charge on any atom is -0.480 e. The SMILES string of the molecule is COC(CCC[C@H](NC(=O)[C@H](CCS)NC(=O)OCc1ccccc1)C(=O)O)OC. The number of methoxy groups -OCH3 is 2. The Kier molecular flexibility index (Phi) is 12.6. The largest absolute Gasteiger partial charge is 0.480 e. The second kappa shape index (κ2) is 14.6. The number of hydrogen-bond donors (Lipinski definition) is 4. The molecule has 0 saturated heterocycles. The van der Waals surface area contributed by atoms with E-state index in [1.807, 2.05) is 18.2 Å². The van der Waals surface area contributed by atoms with Crippen LogP contribution in [0.2, 0.25) is 0 Å². The third kappa shape index (κ3) is 9.95. The average molecular weight is 443 g/mol. The fourth-order valence-electron chi connectivity index (χ4n) is 2.66. The summed E-state index contributed by atoms with van der Waals surface area (Å²) in [5.74, 6) is -1.45. The topological polar surface area (TPSA) is 123 Å². The van der Waals surface area contributed by atoms with E-state index in [0.717, 1.165) is 5.56 Å². The first-order valence-electron chi connectivity index (χ1n) is 9.58. The first-order valence-corrected chi connectivity index (χ1v) is 10.2. The maximum Gasteiger partial charge on any atom is 0.408 e. The fraction of sp³-hybridized carbons (Fsp3) is 0.550. The molecule has 0 aromatic heterocycles. The van der Waals surface area contributed by atoms with Crippen LogP contribution in [0.15, 0.2) is 30.3 Å². The number of nitrogens with one attached hydrogen (secondary N) is 2. The predicted molar refractivity (Wildman–Crippen MR) is 113 cm³/mol. The number of ether oxygens (including phenoxy) is 3. The zero-order valence-electron chi connectivity index (χ0n) is 17.2. The van der Waals surface area contributed by atoms with Crippen molar-refractivity contribution >= 4 is 30.6 Å². The summed E-state index contributed by atoms with van der Waals surface area (Å²) in [6.45, 7) is 0.0554. The van der Waals surface area contributed by atoms with Crippen LogP contribution in [-0.2, 0) is 30.4 Å². The maximum atomic E-state index is 12.5. The molecule has 2 amide bonds. The number of carboxylic acids is 1. The highest BCUT2D eigenvalue weighted by molar-refractivity contribution is 7.80. The van der Waals surface area contributed by atoms with Gasteiger partial charge in [-0.05, 0) is 37.0 Å². The Bertz CT molecular complexity index is 656. The van der Waals surface area contributed by atoms with Crippen LogP contribution in [-0.4, -0.2) is 61.4 Å². The molecule has 0 fully saturated rings. The van der Waals surface area contributed by atoms with E-state index in [1.54, 1.807) is 12.1 Å². The van der Waals surface area contributed by atoms with Crippen molar-refractivity contribution in [3.8, 4) is 0 Å². The van der Waals surface area contributed by atoms with Crippen LogP contribution in [0.5, 0.6) is 0 Å². The number of benzene rings is 1. The number of amides is 2. The van der Waals surface area contributed by atoms with Crippen molar-refractivity contribution in [2.75, 3.05) is 20.0 Å².